The normalized spacial score (nSPS) is 10.8. The number of fused-ring (bicyclic) bond motifs is 1. The van der Waals surface area contributed by atoms with E-state index in [1.165, 1.54) is 0 Å². The second-order valence-corrected chi connectivity index (χ2v) is 9.12. The minimum absolute atomic E-state index is 0.135. The van der Waals surface area contributed by atoms with Crippen LogP contribution in [0.5, 0.6) is 11.5 Å². The SMILES string of the molecule is O=C(NCc1ccccc1O)Nc1cccc(CNc2cc(-c3ccccc3O)nc3c(Br)cnn23)c1. The molecule has 5 N–H and O–H groups in total. The largest absolute Gasteiger partial charge is 0.508 e. The lowest BCUT2D eigenvalue weighted by Crippen LogP contribution is -2.28. The summed E-state index contributed by atoms with van der Waals surface area (Å²) in [5, 5.41) is 33.5. The van der Waals surface area contributed by atoms with Gasteiger partial charge in [-0.25, -0.2) is 9.78 Å². The zero-order valence-corrected chi connectivity index (χ0v) is 21.1. The zero-order valence-electron chi connectivity index (χ0n) is 19.5. The topological polar surface area (TPSA) is 124 Å². The van der Waals surface area contributed by atoms with E-state index >= 15 is 0 Å². The van der Waals surface area contributed by atoms with Gasteiger partial charge < -0.3 is 26.2 Å². The van der Waals surface area contributed by atoms with Crippen LogP contribution in [0.25, 0.3) is 16.9 Å². The number of carbonyl (C=O) groups is 1. The predicted octanol–water partition coefficient (Wildman–Crippen LogP) is 5.50. The van der Waals surface area contributed by atoms with Crippen molar-refractivity contribution in [2.24, 2.45) is 0 Å². The van der Waals surface area contributed by atoms with E-state index in [9.17, 15) is 15.0 Å². The Labute approximate surface area is 220 Å². The number of para-hydroxylation sites is 2. The third-order valence-electron chi connectivity index (χ3n) is 5.70. The van der Waals surface area contributed by atoms with Gasteiger partial charge in [0.05, 0.1) is 16.4 Å². The molecule has 0 fully saturated rings. The van der Waals surface area contributed by atoms with E-state index in [1.807, 2.05) is 36.4 Å². The number of phenols is 2. The summed E-state index contributed by atoms with van der Waals surface area (Å²) in [6, 6.07) is 22.8. The molecule has 0 radical (unpaired) electrons. The summed E-state index contributed by atoms with van der Waals surface area (Å²) < 4.78 is 2.41. The molecule has 37 heavy (non-hydrogen) atoms. The molecule has 0 aliphatic carbocycles. The lowest BCUT2D eigenvalue weighted by molar-refractivity contribution is 0.251. The standard InChI is InChI=1S/C27H23BrN6O3/c28-21-16-31-34-25(13-22(33-26(21)34)20-9-2-4-11-24(20)36)29-14-17-6-5-8-19(12-17)32-27(37)30-15-18-7-1-3-10-23(18)35/h1-13,16,29,35-36H,14-15H2,(H2,30,32,37). The van der Waals surface area contributed by atoms with Crippen molar-refractivity contribution in [1.29, 1.82) is 0 Å². The molecule has 0 unspecified atom stereocenters. The number of urea groups is 1. The van der Waals surface area contributed by atoms with Crippen LogP contribution in [0.3, 0.4) is 0 Å². The molecule has 0 bridgehead atoms. The van der Waals surface area contributed by atoms with Crippen molar-refractivity contribution < 1.29 is 15.0 Å². The fourth-order valence-corrected chi connectivity index (χ4v) is 4.20. The second-order valence-electron chi connectivity index (χ2n) is 8.26. The number of hydrogen-bond donors (Lipinski definition) is 5. The molecule has 2 heterocycles. The molecule has 0 saturated heterocycles. The number of amides is 2. The van der Waals surface area contributed by atoms with E-state index in [-0.39, 0.29) is 24.1 Å². The van der Waals surface area contributed by atoms with Crippen LogP contribution in [0.2, 0.25) is 0 Å². The molecule has 9 nitrogen and oxygen atoms in total. The molecule has 10 heteroatoms. The second kappa shape index (κ2) is 10.6. The molecular weight excluding hydrogens is 536 g/mol. The van der Waals surface area contributed by atoms with E-state index in [0.717, 1.165) is 10.0 Å². The van der Waals surface area contributed by atoms with Crippen LogP contribution in [0.4, 0.5) is 16.3 Å². The summed E-state index contributed by atoms with van der Waals surface area (Å²) in [4.78, 5) is 17.0. The average molecular weight is 559 g/mol. The lowest BCUT2D eigenvalue weighted by Gasteiger charge is -2.13. The van der Waals surface area contributed by atoms with Crippen LogP contribution in [0, 0.1) is 0 Å². The number of rotatable bonds is 7. The molecule has 0 saturated carbocycles. The average Bonchev–Trinajstić information content (AvgIpc) is 3.28. The maximum absolute atomic E-state index is 12.4. The Morgan fingerprint density at radius 2 is 1.70 bits per heavy atom. The van der Waals surface area contributed by atoms with Gasteiger partial charge in [-0.1, -0.05) is 42.5 Å². The van der Waals surface area contributed by atoms with Gasteiger partial charge in [0.15, 0.2) is 5.65 Å². The molecular formula is C27H23BrN6O3. The molecule has 186 valence electrons. The Balaban J connectivity index is 1.30. The van der Waals surface area contributed by atoms with Crippen LogP contribution in [0.1, 0.15) is 11.1 Å². The molecule has 0 spiro atoms. The van der Waals surface area contributed by atoms with Crippen molar-refractivity contribution in [2.75, 3.05) is 10.6 Å². The number of aromatic nitrogens is 3. The van der Waals surface area contributed by atoms with Crippen LogP contribution in [0.15, 0.2) is 89.5 Å². The molecule has 0 aliphatic rings. The molecule has 0 atom stereocenters. The summed E-state index contributed by atoms with van der Waals surface area (Å²) in [7, 11) is 0. The number of benzene rings is 3. The summed E-state index contributed by atoms with van der Waals surface area (Å²) in [5.41, 5.74) is 4.02. The fourth-order valence-electron chi connectivity index (χ4n) is 3.85. The number of nitrogens with zero attached hydrogens (tertiary/aromatic N) is 3. The van der Waals surface area contributed by atoms with Gasteiger partial charge in [-0.15, -0.1) is 0 Å². The molecule has 2 aromatic heterocycles. The van der Waals surface area contributed by atoms with Crippen LogP contribution in [-0.2, 0) is 13.1 Å². The predicted molar refractivity (Wildman–Crippen MR) is 146 cm³/mol. The number of aromatic hydroxyl groups is 2. The highest BCUT2D eigenvalue weighted by atomic mass is 79.9. The minimum atomic E-state index is -0.377. The van der Waals surface area contributed by atoms with Crippen molar-refractivity contribution in [3.05, 3.63) is 101 Å². The Hall–Kier alpha value is -4.57. The number of nitrogens with one attached hydrogen (secondary N) is 3. The Bertz CT molecular complexity index is 1590. The quantitative estimate of drug-likeness (QED) is 0.179. The van der Waals surface area contributed by atoms with Crippen molar-refractivity contribution in [3.63, 3.8) is 0 Å². The molecule has 5 rings (SSSR count). The summed E-state index contributed by atoms with van der Waals surface area (Å²) in [5.74, 6) is 0.962. The molecule has 0 aliphatic heterocycles. The van der Waals surface area contributed by atoms with E-state index in [4.69, 9.17) is 0 Å². The Kier molecular flexibility index (Phi) is 6.91. The van der Waals surface area contributed by atoms with Crippen molar-refractivity contribution in [2.45, 2.75) is 13.1 Å². The number of hydrogen-bond acceptors (Lipinski definition) is 6. The highest BCUT2D eigenvalue weighted by molar-refractivity contribution is 9.10. The van der Waals surface area contributed by atoms with Gasteiger partial charge in [-0.05, 0) is 51.8 Å². The van der Waals surface area contributed by atoms with Gasteiger partial charge in [0.25, 0.3) is 0 Å². The number of carbonyl (C=O) groups excluding carboxylic acids is 1. The van der Waals surface area contributed by atoms with Crippen molar-refractivity contribution >= 4 is 39.1 Å². The van der Waals surface area contributed by atoms with Gasteiger partial charge in [0.1, 0.15) is 17.3 Å². The van der Waals surface area contributed by atoms with E-state index in [0.29, 0.717) is 40.5 Å². The van der Waals surface area contributed by atoms with Crippen LogP contribution >= 0.6 is 15.9 Å². The zero-order chi connectivity index (χ0) is 25.8. The fraction of sp³-hybridized carbons (Fsp3) is 0.0741. The van der Waals surface area contributed by atoms with Gasteiger partial charge >= 0.3 is 6.03 Å². The van der Waals surface area contributed by atoms with Crippen molar-refractivity contribution in [1.82, 2.24) is 19.9 Å². The van der Waals surface area contributed by atoms with Gasteiger partial charge in [0, 0.05) is 36.0 Å². The van der Waals surface area contributed by atoms with Crippen LogP contribution < -0.4 is 16.0 Å². The molecule has 3 aromatic carbocycles. The number of phenolic OH excluding ortho intramolecular Hbond substituents is 2. The van der Waals surface area contributed by atoms with Gasteiger partial charge in [0.2, 0.25) is 0 Å². The van der Waals surface area contributed by atoms with E-state index < -0.39 is 0 Å². The van der Waals surface area contributed by atoms with E-state index in [1.54, 1.807) is 53.2 Å². The van der Waals surface area contributed by atoms with Crippen molar-refractivity contribution in [3.8, 4) is 22.8 Å². The smallest absolute Gasteiger partial charge is 0.319 e. The highest BCUT2D eigenvalue weighted by Crippen LogP contribution is 2.31. The first-order valence-corrected chi connectivity index (χ1v) is 12.2. The van der Waals surface area contributed by atoms with Gasteiger partial charge in [-0.3, -0.25) is 0 Å². The Morgan fingerprint density at radius 3 is 2.51 bits per heavy atom. The first-order chi connectivity index (χ1) is 18.0. The lowest BCUT2D eigenvalue weighted by atomic mass is 10.1. The monoisotopic (exact) mass is 558 g/mol. The third-order valence-corrected chi connectivity index (χ3v) is 6.26. The Morgan fingerprint density at radius 1 is 0.919 bits per heavy atom. The summed E-state index contributed by atoms with van der Waals surface area (Å²) in [6.07, 6.45) is 1.67. The molecule has 5 aromatic rings. The highest BCUT2D eigenvalue weighted by Gasteiger charge is 2.14. The van der Waals surface area contributed by atoms with Gasteiger partial charge in [-0.2, -0.15) is 9.61 Å². The first kappa shape index (κ1) is 24.1. The maximum Gasteiger partial charge on any atom is 0.319 e. The third kappa shape index (κ3) is 5.49. The molecule has 2 amide bonds. The van der Waals surface area contributed by atoms with E-state index in [2.05, 4.69) is 42.0 Å². The first-order valence-electron chi connectivity index (χ1n) is 11.4. The number of anilines is 2. The minimum Gasteiger partial charge on any atom is -0.508 e. The summed E-state index contributed by atoms with van der Waals surface area (Å²) >= 11 is 3.49. The summed E-state index contributed by atoms with van der Waals surface area (Å²) in [6.45, 7) is 0.655. The maximum atomic E-state index is 12.4. The van der Waals surface area contributed by atoms with Crippen LogP contribution in [-0.4, -0.2) is 30.8 Å². The number of halogens is 1.